The second-order valence-electron chi connectivity index (χ2n) is 7.63. The highest BCUT2D eigenvalue weighted by Gasteiger charge is 2.43. The van der Waals surface area contributed by atoms with Crippen molar-refractivity contribution in [1.82, 2.24) is 9.80 Å². The van der Waals surface area contributed by atoms with Crippen LogP contribution in [0.25, 0.3) is 0 Å². The Morgan fingerprint density at radius 1 is 1.15 bits per heavy atom. The highest BCUT2D eigenvalue weighted by atomic mass is 16.5. The molecule has 0 aromatic heterocycles. The summed E-state index contributed by atoms with van der Waals surface area (Å²) in [4.78, 5) is 5.55. The van der Waals surface area contributed by atoms with Gasteiger partial charge in [-0.15, -0.1) is 0 Å². The van der Waals surface area contributed by atoms with Crippen LogP contribution in [0.3, 0.4) is 0 Å². The summed E-state index contributed by atoms with van der Waals surface area (Å²) in [6.45, 7) is 9.83. The van der Waals surface area contributed by atoms with Gasteiger partial charge >= 0.3 is 0 Å². The van der Waals surface area contributed by atoms with Gasteiger partial charge < -0.3 is 4.74 Å². The Morgan fingerprint density at radius 3 is 2.55 bits per heavy atom. The van der Waals surface area contributed by atoms with Crippen LogP contribution < -0.4 is 0 Å². The van der Waals surface area contributed by atoms with Gasteiger partial charge in [-0.3, -0.25) is 9.80 Å². The van der Waals surface area contributed by atoms with E-state index in [0.717, 1.165) is 24.5 Å². The van der Waals surface area contributed by atoms with E-state index < -0.39 is 0 Å². The number of hydrogen-bond acceptors (Lipinski definition) is 3. The van der Waals surface area contributed by atoms with Crippen LogP contribution >= 0.6 is 0 Å². The Kier molecular flexibility index (Phi) is 4.40. The molecule has 0 aromatic carbocycles. The molecule has 2 saturated heterocycles. The summed E-state index contributed by atoms with van der Waals surface area (Å²) in [5.41, 5.74) is 0.185. The average Bonchev–Trinajstić information content (AvgIpc) is 2.41. The van der Waals surface area contributed by atoms with Crippen LogP contribution in [0.5, 0.6) is 0 Å². The molecule has 1 saturated carbocycles. The summed E-state index contributed by atoms with van der Waals surface area (Å²) in [7, 11) is 1.92. The van der Waals surface area contributed by atoms with Gasteiger partial charge in [-0.2, -0.15) is 0 Å². The van der Waals surface area contributed by atoms with Crippen molar-refractivity contribution in [3.63, 3.8) is 0 Å². The molecule has 20 heavy (non-hydrogen) atoms. The number of ether oxygens (including phenoxy) is 1. The lowest BCUT2D eigenvalue weighted by atomic mass is 9.78. The zero-order valence-corrected chi connectivity index (χ0v) is 13.6. The number of fused-ring (bicyclic) bond motifs is 1. The number of hydrogen-bond donors (Lipinski definition) is 0. The van der Waals surface area contributed by atoms with E-state index in [1.807, 2.05) is 7.11 Å². The normalized spacial score (nSPS) is 34.8. The third-order valence-corrected chi connectivity index (χ3v) is 6.04. The minimum atomic E-state index is 0.185. The number of rotatable bonds is 4. The van der Waals surface area contributed by atoms with E-state index in [2.05, 4.69) is 23.6 Å². The zero-order chi connectivity index (χ0) is 14.2. The van der Waals surface area contributed by atoms with Gasteiger partial charge in [0.1, 0.15) is 0 Å². The first kappa shape index (κ1) is 14.8. The molecular formula is C17H32N2O. The third-order valence-electron chi connectivity index (χ3n) is 6.04. The van der Waals surface area contributed by atoms with Gasteiger partial charge in [-0.25, -0.2) is 0 Å². The fourth-order valence-electron chi connectivity index (χ4n) is 4.45. The van der Waals surface area contributed by atoms with E-state index in [9.17, 15) is 0 Å². The second kappa shape index (κ2) is 5.94. The molecule has 3 aliphatic rings. The smallest absolute Gasteiger partial charge is 0.0805 e. The summed E-state index contributed by atoms with van der Waals surface area (Å²) >= 11 is 0. The van der Waals surface area contributed by atoms with E-state index in [1.54, 1.807) is 0 Å². The highest BCUT2D eigenvalue weighted by Crippen LogP contribution is 2.38. The van der Waals surface area contributed by atoms with Gasteiger partial charge in [0.15, 0.2) is 0 Å². The molecule has 3 rings (SSSR count). The maximum absolute atomic E-state index is 5.89. The first-order valence-electron chi connectivity index (χ1n) is 8.67. The largest absolute Gasteiger partial charge is 0.377 e. The van der Waals surface area contributed by atoms with Crippen molar-refractivity contribution >= 4 is 0 Å². The van der Waals surface area contributed by atoms with Crippen LogP contribution in [0.15, 0.2) is 0 Å². The first-order valence-corrected chi connectivity index (χ1v) is 8.67. The molecule has 2 heterocycles. The molecular weight excluding hydrogens is 248 g/mol. The summed E-state index contributed by atoms with van der Waals surface area (Å²) in [6.07, 6.45) is 8.11. The average molecular weight is 280 g/mol. The van der Waals surface area contributed by atoms with E-state index in [0.29, 0.717) is 0 Å². The Balaban J connectivity index is 1.69. The molecule has 3 fully saturated rings. The lowest BCUT2D eigenvalue weighted by Crippen LogP contribution is -2.64. The predicted octanol–water partition coefficient (Wildman–Crippen LogP) is 2.75. The van der Waals surface area contributed by atoms with Crippen molar-refractivity contribution in [2.45, 2.75) is 70.1 Å². The molecule has 2 atom stereocenters. The van der Waals surface area contributed by atoms with Crippen molar-refractivity contribution < 1.29 is 4.74 Å². The highest BCUT2D eigenvalue weighted by molar-refractivity contribution is 4.98. The van der Waals surface area contributed by atoms with E-state index in [1.165, 1.54) is 58.2 Å². The molecule has 2 aliphatic heterocycles. The van der Waals surface area contributed by atoms with Crippen LogP contribution in [-0.2, 0) is 4.74 Å². The number of methoxy groups -OCH3 is 1. The number of nitrogens with zero attached hydrogens (tertiary/aromatic N) is 2. The van der Waals surface area contributed by atoms with Crippen LogP contribution in [0.4, 0.5) is 0 Å². The maximum Gasteiger partial charge on any atom is 0.0805 e. The van der Waals surface area contributed by atoms with Crippen molar-refractivity contribution in [1.29, 1.82) is 0 Å². The van der Waals surface area contributed by atoms with Gasteiger partial charge in [-0.1, -0.05) is 20.3 Å². The van der Waals surface area contributed by atoms with Crippen molar-refractivity contribution in [3.8, 4) is 0 Å². The number of piperidine rings is 1. The van der Waals surface area contributed by atoms with Gasteiger partial charge in [0.05, 0.1) is 5.60 Å². The van der Waals surface area contributed by atoms with Gasteiger partial charge in [0.2, 0.25) is 0 Å². The van der Waals surface area contributed by atoms with E-state index in [4.69, 9.17) is 4.74 Å². The minimum Gasteiger partial charge on any atom is -0.377 e. The summed E-state index contributed by atoms with van der Waals surface area (Å²) in [5.74, 6) is 0.742. The fraction of sp³-hybridized carbons (Fsp3) is 1.00. The standard InChI is InChI=1S/C17H32N2O/c1-14(2)16-12-18-10-5-4-7-15(18)11-19(16)13-17(20-3)8-6-9-17/h14-16H,4-13H2,1-3H3. The van der Waals surface area contributed by atoms with Crippen molar-refractivity contribution in [3.05, 3.63) is 0 Å². The lowest BCUT2D eigenvalue weighted by molar-refractivity contribution is -0.117. The van der Waals surface area contributed by atoms with Gasteiger partial charge in [0, 0.05) is 38.8 Å². The Bertz CT molecular complexity index is 321. The summed E-state index contributed by atoms with van der Waals surface area (Å²) in [5, 5.41) is 0. The van der Waals surface area contributed by atoms with Crippen LogP contribution in [0.2, 0.25) is 0 Å². The fourth-order valence-corrected chi connectivity index (χ4v) is 4.45. The molecule has 0 bridgehead atoms. The molecule has 0 amide bonds. The Labute approximate surface area is 124 Å². The quantitative estimate of drug-likeness (QED) is 0.787. The molecule has 3 nitrogen and oxygen atoms in total. The lowest BCUT2D eigenvalue weighted by Gasteiger charge is -2.53. The predicted molar refractivity (Wildman–Crippen MR) is 83.0 cm³/mol. The summed E-state index contributed by atoms with van der Waals surface area (Å²) in [6, 6.07) is 1.53. The number of piperazine rings is 1. The molecule has 0 aromatic rings. The molecule has 1 aliphatic carbocycles. The van der Waals surface area contributed by atoms with Gasteiger partial charge in [0.25, 0.3) is 0 Å². The van der Waals surface area contributed by atoms with Gasteiger partial charge in [-0.05, 0) is 44.6 Å². The Hall–Kier alpha value is -0.120. The van der Waals surface area contributed by atoms with Crippen LogP contribution in [0, 0.1) is 5.92 Å². The zero-order valence-electron chi connectivity index (χ0n) is 13.6. The van der Waals surface area contributed by atoms with Crippen LogP contribution in [0.1, 0.15) is 52.4 Å². The van der Waals surface area contributed by atoms with Crippen molar-refractivity contribution in [2.75, 3.05) is 33.3 Å². The summed E-state index contributed by atoms with van der Waals surface area (Å²) < 4.78 is 5.89. The van der Waals surface area contributed by atoms with E-state index >= 15 is 0 Å². The molecule has 116 valence electrons. The topological polar surface area (TPSA) is 15.7 Å². The van der Waals surface area contributed by atoms with Crippen molar-refractivity contribution in [2.24, 2.45) is 5.92 Å². The molecule has 3 heteroatoms. The molecule has 0 spiro atoms. The Morgan fingerprint density at radius 2 is 1.95 bits per heavy atom. The SMILES string of the molecule is COC1(CN2CC3CCCCN3CC2C(C)C)CCC1. The molecule has 2 unspecified atom stereocenters. The minimum absolute atomic E-state index is 0.185. The second-order valence-corrected chi connectivity index (χ2v) is 7.63. The molecule has 0 radical (unpaired) electrons. The van der Waals surface area contributed by atoms with E-state index in [-0.39, 0.29) is 5.60 Å². The van der Waals surface area contributed by atoms with Crippen LogP contribution in [-0.4, -0.2) is 60.8 Å². The first-order chi connectivity index (χ1) is 9.63. The monoisotopic (exact) mass is 280 g/mol. The maximum atomic E-state index is 5.89. The molecule has 0 N–H and O–H groups in total. The third kappa shape index (κ3) is 2.77.